The molecule has 0 amide bonds. The van der Waals surface area contributed by atoms with Gasteiger partial charge in [-0.05, 0) is 19.1 Å². The van der Waals surface area contributed by atoms with Crippen molar-refractivity contribution in [3.63, 3.8) is 0 Å². The molecule has 0 radical (unpaired) electrons. The molecule has 1 rings (SSSR count). The van der Waals surface area contributed by atoms with Crippen LogP contribution >= 0.6 is 0 Å². The van der Waals surface area contributed by atoms with Crippen molar-refractivity contribution >= 4 is 17.5 Å². The molecule has 6 nitrogen and oxygen atoms in total. The summed E-state index contributed by atoms with van der Waals surface area (Å²) in [6.45, 7) is 1.92. The molecule has 0 aliphatic carbocycles. The van der Waals surface area contributed by atoms with Crippen molar-refractivity contribution in [1.82, 2.24) is 0 Å². The topological polar surface area (TPSA) is 93.9 Å². The van der Waals surface area contributed by atoms with Gasteiger partial charge in [0.05, 0.1) is 12.3 Å². The number of amidine groups is 1. The van der Waals surface area contributed by atoms with Crippen LogP contribution in [0.4, 0.5) is 5.69 Å². The third-order valence-corrected chi connectivity index (χ3v) is 1.72. The van der Waals surface area contributed by atoms with Gasteiger partial charge in [0.2, 0.25) is 5.84 Å². The number of para-hydroxylation sites is 1. The van der Waals surface area contributed by atoms with Crippen LogP contribution in [-0.4, -0.2) is 18.4 Å². The third-order valence-electron chi connectivity index (χ3n) is 1.72. The van der Waals surface area contributed by atoms with Gasteiger partial charge in [0, 0.05) is 0 Å². The Hall–Kier alpha value is -2.08. The first kappa shape index (κ1) is 12.0. The van der Waals surface area contributed by atoms with E-state index < -0.39 is 5.97 Å². The van der Waals surface area contributed by atoms with Crippen LogP contribution in [0.15, 0.2) is 35.4 Å². The van der Waals surface area contributed by atoms with Gasteiger partial charge < -0.3 is 10.5 Å². The molecule has 0 fully saturated rings. The molecular weight excluding hydrogens is 208 g/mol. The molecule has 0 aliphatic heterocycles. The second kappa shape index (κ2) is 5.72. The Morgan fingerprint density at radius 1 is 1.44 bits per heavy atom. The zero-order valence-corrected chi connectivity index (χ0v) is 8.96. The van der Waals surface area contributed by atoms with Crippen LogP contribution in [0.1, 0.15) is 6.92 Å². The Morgan fingerprint density at radius 3 is 2.62 bits per heavy atom. The largest absolute Gasteiger partial charge is 0.460 e. The second-order valence-corrected chi connectivity index (χ2v) is 2.89. The van der Waals surface area contributed by atoms with Crippen molar-refractivity contribution in [2.75, 3.05) is 11.7 Å². The van der Waals surface area contributed by atoms with Crippen molar-refractivity contribution in [3.8, 4) is 0 Å². The standard InChI is InChI=1S/C10H14N4O2/c1-2-16-10(15)9(11)13-14(12)8-6-4-3-5-7-8/h3-7H,2,12H2,1H3,(H2,11,13). The fourth-order valence-electron chi connectivity index (χ4n) is 1.00. The molecule has 1 aromatic carbocycles. The van der Waals surface area contributed by atoms with Gasteiger partial charge in [-0.1, -0.05) is 18.2 Å². The first-order valence-electron chi connectivity index (χ1n) is 4.76. The van der Waals surface area contributed by atoms with Gasteiger partial charge in [0.15, 0.2) is 0 Å². The number of hydrogen-bond donors (Lipinski definition) is 2. The molecule has 0 aliphatic rings. The first-order chi connectivity index (χ1) is 7.65. The van der Waals surface area contributed by atoms with Gasteiger partial charge in [-0.25, -0.2) is 10.6 Å². The molecule has 0 unspecified atom stereocenters. The summed E-state index contributed by atoms with van der Waals surface area (Å²) in [4.78, 5) is 11.1. The smallest absolute Gasteiger partial charge is 0.375 e. The predicted molar refractivity (Wildman–Crippen MR) is 61.4 cm³/mol. The number of hydrazine groups is 1. The van der Waals surface area contributed by atoms with Crippen molar-refractivity contribution < 1.29 is 9.53 Å². The quantitative estimate of drug-likeness (QED) is 0.250. The fraction of sp³-hybridized carbons (Fsp3) is 0.200. The Bertz CT molecular complexity index is 378. The highest BCUT2D eigenvalue weighted by atomic mass is 16.5. The summed E-state index contributed by atoms with van der Waals surface area (Å²) < 4.78 is 4.66. The van der Waals surface area contributed by atoms with Crippen LogP contribution in [0.25, 0.3) is 0 Å². The second-order valence-electron chi connectivity index (χ2n) is 2.89. The maximum absolute atomic E-state index is 11.1. The maximum Gasteiger partial charge on any atom is 0.375 e. The molecule has 0 aromatic heterocycles. The van der Waals surface area contributed by atoms with E-state index in [1.54, 1.807) is 31.2 Å². The number of benzene rings is 1. The average Bonchev–Trinajstić information content (AvgIpc) is 2.30. The highest BCUT2D eigenvalue weighted by Gasteiger charge is 2.09. The van der Waals surface area contributed by atoms with Gasteiger partial charge >= 0.3 is 5.97 Å². The number of hydrogen-bond acceptors (Lipinski definition) is 5. The number of carbonyl (C=O) groups excluding carboxylic acids is 1. The van der Waals surface area contributed by atoms with Crippen LogP contribution in [0.2, 0.25) is 0 Å². The summed E-state index contributed by atoms with van der Waals surface area (Å²) in [5.41, 5.74) is 6.02. The van der Waals surface area contributed by atoms with Gasteiger partial charge in [-0.3, -0.25) is 0 Å². The third kappa shape index (κ3) is 3.25. The number of esters is 1. The molecule has 0 spiro atoms. The number of rotatable bonds is 3. The van der Waals surface area contributed by atoms with E-state index in [0.29, 0.717) is 5.69 Å². The van der Waals surface area contributed by atoms with Crippen LogP contribution < -0.4 is 16.7 Å². The number of nitrogens with two attached hydrogens (primary N) is 2. The minimum absolute atomic E-state index is 0.241. The Labute approximate surface area is 93.4 Å². The number of anilines is 1. The summed E-state index contributed by atoms with van der Waals surface area (Å²) >= 11 is 0. The summed E-state index contributed by atoms with van der Waals surface area (Å²) in [7, 11) is 0. The lowest BCUT2D eigenvalue weighted by molar-refractivity contribution is -0.135. The van der Waals surface area contributed by atoms with Gasteiger partial charge in [-0.15, -0.1) is 5.10 Å². The number of nitrogens with zero attached hydrogens (tertiary/aromatic N) is 2. The van der Waals surface area contributed by atoms with E-state index in [1.807, 2.05) is 6.07 Å². The van der Waals surface area contributed by atoms with E-state index in [-0.39, 0.29) is 12.4 Å². The fourth-order valence-corrected chi connectivity index (χ4v) is 1.00. The average molecular weight is 222 g/mol. The number of hydrazone groups is 1. The van der Waals surface area contributed by atoms with Crippen LogP contribution in [-0.2, 0) is 9.53 Å². The van der Waals surface area contributed by atoms with Gasteiger partial charge in [0.25, 0.3) is 0 Å². The summed E-state index contributed by atoms with van der Waals surface area (Å²) in [5, 5.41) is 4.72. The van der Waals surface area contributed by atoms with Crippen LogP contribution in [0.3, 0.4) is 0 Å². The SMILES string of the molecule is CCOC(=O)/C(N)=N/N(N)c1ccccc1. The zero-order valence-electron chi connectivity index (χ0n) is 8.96. The Kier molecular flexibility index (Phi) is 4.28. The molecule has 86 valence electrons. The lowest BCUT2D eigenvalue weighted by Crippen LogP contribution is -2.33. The van der Waals surface area contributed by atoms with E-state index >= 15 is 0 Å². The van der Waals surface area contributed by atoms with E-state index in [4.69, 9.17) is 11.6 Å². The van der Waals surface area contributed by atoms with E-state index in [0.717, 1.165) is 5.12 Å². The number of ether oxygens (including phenoxy) is 1. The minimum Gasteiger partial charge on any atom is -0.460 e. The molecule has 1 aromatic rings. The first-order valence-corrected chi connectivity index (χ1v) is 4.76. The normalized spacial score (nSPS) is 11.0. The molecule has 4 N–H and O–H groups in total. The Morgan fingerprint density at radius 2 is 2.06 bits per heavy atom. The molecule has 0 bridgehead atoms. The highest BCUT2D eigenvalue weighted by Crippen LogP contribution is 2.08. The molecule has 0 saturated carbocycles. The molecule has 0 heterocycles. The van der Waals surface area contributed by atoms with Crippen molar-refractivity contribution in [3.05, 3.63) is 30.3 Å². The maximum atomic E-state index is 11.1. The van der Waals surface area contributed by atoms with Gasteiger partial charge in [0.1, 0.15) is 0 Å². The Balaban J connectivity index is 2.73. The molecule has 0 atom stereocenters. The number of carbonyl (C=O) groups is 1. The molecule has 6 heteroatoms. The van der Waals surface area contributed by atoms with Crippen molar-refractivity contribution in [1.29, 1.82) is 0 Å². The van der Waals surface area contributed by atoms with Crippen molar-refractivity contribution in [2.24, 2.45) is 16.7 Å². The van der Waals surface area contributed by atoms with Crippen LogP contribution in [0, 0.1) is 0 Å². The van der Waals surface area contributed by atoms with E-state index in [9.17, 15) is 4.79 Å². The van der Waals surface area contributed by atoms with Crippen molar-refractivity contribution in [2.45, 2.75) is 6.92 Å². The van der Waals surface area contributed by atoms with Crippen LogP contribution in [0.5, 0.6) is 0 Å². The monoisotopic (exact) mass is 222 g/mol. The van der Waals surface area contributed by atoms with E-state index in [1.165, 1.54) is 0 Å². The zero-order chi connectivity index (χ0) is 12.0. The highest BCUT2D eigenvalue weighted by molar-refractivity contribution is 6.34. The lowest BCUT2D eigenvalue weighted by Gasteiger charge is -2.12. The molecule has 0 saturated heterocycles. The minimum atomic E-state index is -0.686. The summed E-state index contributed by atoms with van der Waals surface area (Å²) in [5.74, 6) is 4.62. The summed E-state index contributed by atoms with van der Waals surface area (Å²) in [6, 6.07) is 8.91. The predicted octanol–water partition coefficient (Wildman–Crippen LogP) is 0.202. The molecule has 16 heavy (non-hydrogen) atoms. The summed E-state index contributed by atoms with van der Waals surface area (Å²) in [6.07, 6.45) is 0. The van der Waals surface area contributed by atoms with E-state index in [2.05, 4.69) is 9.84 Å². The molecular formula is C10H14N4O2. The van der Waals surface area contributed by atoms with Gasteiger partial charge in [-0.2, -0.15) is 5.12 Å². The lowest BCUT2D eigenvalue weighted by atomic mass is 10.3.